The van der Waals surface area contributed by atoms with Crippen molar-refractivity contribution in [2.45, 2.75) is 26.3 Å². The third-order valence-electron chi connectivity index (χ3n) is 4.18. The molecule has 0 bridgehead atoms. The number of methoxy groups -OCH3 is 1. The maximum absolute atomic E-state index is 13.0. The normalized spacial score (nSPS) is 12.1. The smallest absolute Gasteiger partial charge is 0.339 e. The van der Waals surface area contributed by atoms with Gasteiger partial charge in [0, 0.05) is 0 Å². The van der Waals surface area contributed by atoms with Gasteiger partial charge in [-0.1, -0.05) is 31.2 Å². The lowest BCUT2D eigenvalue weighted by Crippen LogP contribution is -2.47. The number of sulfonamides is 1. The van der Waals surface area contributed by atoms with Gasteiger partial charge in [-0.05, 0) is 43.2 Å². The molecule has 7 nitrogen and oxygen atoms in total. The van der Waals surface area contributed by atoms with Crippen molar-refractivity contribution in [1.82, 2.24) is 0 Å². The van der Waals surface area contributed by atoms with Gasteiger partial charge in [0.1, 0.15) is 6.04 Å². The van der Waals surface area contributed by atoms with Crippen molar-refractivity contribution < 1.29 is 22.7 Å². The van der Waals surface area contributed by atoms with Crippen LogP contribution in [0, 0.1) is 6.92 Å². The predicted molar refractivity (Wildman–Crippen MR) is 109 cm³/mol. The lowest BCUT2D eigenvalue weighted by Gasteiger charge is -2.30. The number of hydrogen-bond acceptors (Lipinski definition) is 5. The predicted octanol–water partition coefficient (Wildman–Crippen LogP) is 2.96. The minimum Gasteiger partial charge on any atom is -0.465 e. The Morgan fingerprint density at radius 1 is 1.14 bits per heavy atom. The second-order valence-corrected chi connectivity index (χ2v) is 8.21. The Morgan fingerprint density at radius 2 is 1.82 bits per heavy atom. The third-order valence-corrected chi connectivity index (χ3v) is 5.36. The van der Waals surface area contributed by atoms with E-state index in [0.717, 1.165) is 16.1 Å². The molecule has 0 radical (unpaired) electrons. The van der Waals surface area contributed by atoms with E-state index in [4.69, 9.17) is 4.74 Å². The molecule has 0 aromatic heterocycles. The van der Waals surface area contributed by atoms with Gasteiger partial charge in [0.05, 0.1) is 30.3 Å². The number of hydrogen-bond donors (Lipinski definition) is 1. The average Bonchev–Trinajstić information content (AvgIpc) is 2.64. The lowest BCUT2D eigenvalue weighted by atomic mass is 10.1. The first-order valence-electron chi connectivity index (χ1n) is 8.73. The quantitative estimate of drug-likeness (QED) is 0.716. The highest BCUT2D eigenvalue weighted by atomic mass is 32.2. The second-order valence-electron chi connectivity index (χ2n) is 6.35. The zero-order valence-electron chi connectivity index (χ0n) is 16.3. The fourth-order valence-electron chi connectivity index (χ4n) is 2.92. The van der Waals surface area contributed by atoms with E-state index >= 15 is 0 Å². The average molecular weight is 404 g/mol. The number of carbonyl (C=O) groups excluding carboxylic acids is 2. The van der Waals surface area contributed by atoms with Crippen LogP contribution in [0.5, 0.6) is 0 Å². The summed E-state index contributed by atoms with van der Waals surface area (Å²) in [6, 6.07) is 12.4. The van der Waals surface area contributed by atoms with Crippen LogP contribution < -0.4 is 9.62 Å². The Kier molecular flexibility index (Phi) is 6.80. The number of carbonyl (C=O) groups is 2. The molecule has 2 rings (SSSR count). The Hall–Kier alpha value is -2.87. The minimum atomic E-state index is -3.73. The molecule has 2 aromatic rings. The number of esters is 1. The molecule has 0 aliphatic heterocycles. The van der Waals surface area contributed by atoms with Gasteiger partial charge in [0.2, 0.25) is 15.9 Å². The summed E-state index contributed by atoms with van der Waals surface area (Å²) in [5, 5.41) is 2.67. The van der Waals surface area contributed by atoms with Crippen LogP contribution in [0.25, 0.3) is 0 Å². The van der Waals surface area contributed by atoms with Crippen LogP contribution in [-0.2, 0) is 19.6 Å². The zero-order valence-corrected chi connectivity index (χ0v) is 17.1. The second kappa shape index (κ2) is 8.88. The van der Waals surface area contributed by atoms with Gasteiger partial charge in [-0.15, -0.1) is 0 Å². The lowest BCUT2D eigenvalue weighted by molar-refractivity contribution is -0.117. The number of benzene rings is 2. The van der Waals surface area contributed by atoms with Crippen molar-refractivity contribution in [2.24, 2.45) is 0 Å². The SMILES string of the molecule is CCC(C(=O)Nc1ccccc1C(=O)OC)N(c1cccc(C)c1)S(C)(=O)=O. The van der Waals surface area contributed by atoms with Crippen LogP contribution in [0.4, 0.5) is 11.4 Å². The fraction of sp³-hybridized carbons (Fsp3) is 0.300. The molecular weight excluding hydrogens is 380 g/mol. The molecule has 0 spiro atoms. The largest absolute Gasteiger partial charge is 0.465 e. The van der Waals surface area contributed by atoms with Gasteiger partial charge >= 0.3 is 5.97 Å². The molecule has 1 N–H and O–H groups in total. The summed E-state index contributed by atoms with van der Waals surface area (Å²) in [6.07, 6.45) is 1.31. The number of ether oxygens (including phenoxy) is 1. The number of amides is 1. The number of nitrogens with one attached hydrogen (secondary N) is 1. The molecule has 0 aliphatic rings. The molecule has 1 amide bonds. The first-order valence-corrected chi connectivity index (χ1v) is 10.6. The number of para-hydroxylation sites is 1. The highest BCUT2D eigenvalue weighted by molar-refractivity contribution is 7.92. The molecule has 28 heavy (non-hydrogen) atoms. The van der Waals surface area contributed by atoms with Crippen molar-refractivity contribution in [2.75, 3.05) is 23.0 Å². The van der Waals surface area contributed by atoms with E-state index in [1.54, 1.807) is 43.3 Å². The Balaban J connectivity index is 2.42. The van der Waals surface area contributed by atoms with Crippen LogP contribution in [0.15, 0.2) is 48.5 Å². The van der Waals surface area contributed by atoms with Crippen molar-refractivity contribution in [1.29, 1.82) is 0 Å². The number of rotatable bonds is 7. The van der Waals surface area contributed by atoms with Gasteiger partial charge in [-0.3, -0.25) is 9.10 Å². The summed E-state index contributed by atoms with van der Waals surface area (Å²) in [4.78, 5) is 24.9. The molecule has 0 heterocycles. The van der Waals surface area contributed by atoms with E-state index in [9.17, 15) is 18.0 Å². The van der Waals surface area contributed by atoms with Gasteiger partial charge < -0.3 is 10.1 Å². The molecule has 0 saturated heterocycles. The molecule has 0 saturated carbocycles. The summed E-state index contributed by atoms with van der Waals surface area (Å²) in [5.74, 6) is -1.13. The maximum Gasteiger partial charge on any atom is 0.339 e. The van der Waals surface area contributed by atoms with Gasteiger partial charge in [-0.2, -0.15) is 0 Å². The Bertz CT molecular complexity index is 972. The molecule has 150 valence electrons. The van der Waals surface area contributed by atoms with Gasteiger partial charge in [0.15, 0.2) is 0 Å². The van der Waals surface area contributed by atoms with Gasteiger partial charge in [-0.25, -0.2) is 13.2 Å². The number of anilines is 2. The van der Waals surface area contributed by atoms with E-state index in [-0.39, 0.29) is 17.7 Å². The molecule has 0 aliphatic carbocycles. The highest BCUT2D eigenvalue weighted by Gasteiger charge is 2.32. The van der Waals surface area contributed by atoms with Crippen molar-refractivity contribution >= 4 is 33.3 Å². The molecule has 2 aromatic carbocycles. The summed E-state index contributed by atoms with van der Waals surface area (Å²) >= 11 is 0. The molecular formula is C20H24N2O5S. The van der Waals surface area contributed by atoms with Crippen molar-refractivity contribution in [3.05, 3.63) is 59.7 Å². The molecule has 1 unspecified atom stereocenters. The number of nitrogens with zero attached hydrogens (tertiary/aromatic N) is 1. The monoisotopic (exact) mass is 404 g/mol. The maximum atomic E-state index is 13.0. The Labute approximate surface area is 165 Å². The highest BCUT2D eigenvalue weighted by Crippen LogP contribution is 2.25. The molecule has 1 atom stereocenters. The fourth-order valence-corrected chi connectivity index (χ4v) is 4.13. The third kappa shape index (κ3) is 4.89. The van der Waals surface area contributed by atoms with Crippen molar-refractivity contribution in [3.8, 4) is 0 Å². The standard InChI is InChI=1S/C20H24N2O5S/c1-5-18(22(28(4,25)26)15-10-8-9-14(2)13-15)19(23)21-17-12-7-6-11-16(17)20(24)27-3/h6-13,18H,5H2,1-4H3,(H,21,23). The van der Waals surface area contributed by atoms with Crippen LogP contribution in [0.2, 0.25) is 0 Å². The van der Waals surface area contributed by atoms with E-state index in [2.05, 4.69) is 5.32 Å². The van der Waals surface area contributed by atoms with Crippen LogP contribution in [0.1, 0.15) is 29.3 Å². The topological polar surface area (TPSA) is 92.8 Å². The van der Waals surface area contributed by atoms with Crippen LogP contribution in [-0.4, -0.2) is 39.7 Å². The minimum absolute atomic E-state index is 0.190. The van der Waals surface area contributed by atoms with Crippen molar-refractivity contribution in [3.63, 3.8) is 0 Å². The molecule has 0 fully saturated rings. The first kappa shape index (κ1) is 21.4. The van der Waals surface area contributed by atoms with E-state index in [1.807, 2.05) is 13.0 Å². The van der Waals surface area contributed by atoms with Crippen LogP contribution in [0.3, 0.4) is 0 Å². The van der Waals surface area contributed by atoms with Crippen LogP contribution >= 0.6 is 0 Å². The van der Waals surface area contributed by atoms with E-state index < -0.39 is 27.9 Å². The summed E-state index contributed by atoms with van der Waals surface area (Å²) < 4.78 is 30.8. The molecule has 8 heteroatoms. The summed E-state index contributed by atoms with van der Waals surface area (Å²) in [5.41, 5.74) is 1.73. The Morgan fingerprint density at radius 3 is 2.39 bits per heavy atom. The first-order chi connectivity index (χ1) is 13.2. The van der Waals surface area contributed by atoms with E-state index in [0.29, 0.717) is 5.69 Å². The zero-order chi connectivity index (χ0) is 20.9. The number of aryl methyl sites for hydroxylation is 1. The summed E-state index contributed by atoms with van der Waals surface area (Å²) in [6.45, 7) is 3.57. The van der Waals surface area contributed by atoms with Gasteiger partial charge in [0.25, 0.3) is 0 Å². The van der Waals surface area contributed by atoms with E-state index in [1.165, 1.54) is 13.2 Å². The summed E-state index contributed by atoms with van der Waals surface area (Å²) in [7, 11) is -2.48.